The van der Waals surface area contributed by atoms with Crippen molar-refractivity contribution in [1.29, 1.82) is 0 Å². The second-order valence-electron chi connectivity index (χ2n) is 4.42. The van der Waals surface area contributed by atoms with Crippen molar-refractivity contribution in [2.75, 3.05) is 0 Å². The Hall–Kier alpha value is -2.57. The van der Waals surface area contributed by atoms with Crippen LogP contribution in [-0.2, 0) is 11.2 Å². The molecule has 0 aliphatic heterocycles. The molecule has 0 unspecified atom stereocenters. The maximum absolute atomic E-state index is 14.0. The van der Waals surface area contributed by atoms with Gasteiger partial charge in [0.05, 0.1) is 6.42 Å². The molecule has 0 bridgehead atoms. The fourth-order valence-corrected chi connectivity index (χ4v) is 2.03. The lowest BCUT2D eigenvalue weighted by atomic mass is 9.97. The summed E-state index contributed by atoms with van der Waals surface area (Å²) in [7, 11) is 0. The molecule has 22 heavy (non-hydrogen) atoms. The van der Waals surface area contributed by atoms with Crippen LogP contribution in [0.4, 0.5) is 17.6 Å². The van der Waals surface area contributed by atoms with E-state index in [1.54, 1.807) is 0 Å². The van der Waals surface area contributed by atoms with Crippen molar-refractivity contribution in [3.63, 3.8) is 0 Å². The first kappa shape index (κ1) is 15.8. The van der Waals surface area contributed by atoms with Crippen LogP contribution in [0.15, 0.2) is 42.5 Å². The smallest absolute Gasteiger partial charge is 0.481 e. The number of rotatable bonds is 4. The fraction of sp³-hybridized carbons (Fsp3) is 0.133. The van der Waals surface area contributed by atoms with Crippen LogP contribution >= 0.6 is 0 Å². The first-order valence-electron chi connectivity index (χ1n) is 6.11. The molecule has 0 saturated carbocycles. The van der Waals surface area contributed by atoms with Crippen molar-refractivity contribution in [3.8, 4) is 16.9 Å². The largest absolute Gasteiger partial charge is 0.573 e. The van der Waals surface area contributed by atoms with Crippen LogP contribution in [-0.4, -0.2) is 17.4 Å². The van der Waals surface area contributed by atoms with Gasteiger partial charge in [0.2, 0.25) is 0 Å². The summed E-state index contributed by atoms with van der Waals surface area (Å²) >= 11 is 0. The van der Waals surface area contributed by atoms with Crippen molar-refractivity contribution in [1.82, 2.24) is 0 Å². The Morgan fingerprint density at radius 1 is 1.09 bits per heavy atom. The third-order valence-corrected chi connectivity index (χ3v) is 2.82. The van der Waals surface area contributed by atoms with Gasteiger partial charge in [-0.1, -0.05) is 24.3 Å². The molecule has 0 spiro atoms. The molecule has 0 fully saturated rings. The van der Waals surface area contributed by atoms with E-state index in [1.807, 2.05) is 0 Å². The van der Waals surface area contributed by atoms with Crippen LogP contribution < -0.4 is 4.74 Å². The summed E-state index contributed by atoms with van der Waals surface area (Å²) in [6.07, 6.45) is -5.21. The van der Waals surface area contributed by atoms with Gasteiger partial charge in [-0.25, -0.2) is 4.39 Å². The second kappa shape index (κ2) is 6.05. The lowest BCUT2D eigenvalue weighted by Crippen LogP contribution is -2.16. The Balaban J connectivity index is 2.38. The average Bonchev–Trinajstić information content (AvgIpc) is 2.38. The van der Waals surface area contributed by atoms with Gasteiger partial charge in [0, 0.05) is 5.56 Å². The summed E-state index contributed by atoms with van der Waals surface area (Å²) in [5, 5.41) is 8.83. The molecule has 0 aromatic heterocycles. The molecule has 0 heterocycles. The zero-order valence-electron chi connectivity index (χ0n) is 11.0. The van der Waals surface area contributed by atoms with E-state index in [0.717, 1.165) is 18.2 Å². The van der Waals surface area contributed by atoms with Gasteiger partial charge in [0.1, 0.15) is 11.6 Å². The van der Waals surface area contributed by atoms with Gasteiger partial charge in [-0.2, -0.15) is 0 Å². The summed E-state index contributed by atoms with van der Waals surface area (Å²) in [5.41, 5.74) is 0.546. The molecule has 3 nitrogen and oxygen atoms in total. The Kier molecular flexibility index (Phi) is 4.35. The summed E-state index contributed by atoms with van der Waals surface area (Å²) in [6.45, 7) is 0. The zero-order valence-corrected chi connectivity index (χ0v) is 11.0. The molecular formula is C15H10F4O3. The number of aliphatic carboxylic acids is 1. The summed E-state index contributed by atoms with van der Waals surface area (Å²) in [4.78, 5) is 10.8. The van der Waals surface area contributed by atoms with Gasteiger partial charge in [-0.15, -0.1) is 13.2 Å². The van der Waals surface area contributed by atoms with E-state index >= 15 is 0 Å². The maximum atomic E-state index is 14.0. The molecule has 1 N–H and O–H groups in total. The Bertz CT molecular complexity index is 678. The van der Waals surface area contributed by atoms with E-state index in [4.69, 9.17) is 5.11 Å². The third kappa shape index (κ3) is 3.97. The molecule has 0 amide bonds. The summed E-state index contributed by atoms with van der Waals surface area (Å²) in [6, 6.07) is 8.54. The highest BCUT2D eigenvalue weighted by Crippen LogP contribution is 2.30. The quantitative estimate of drug-likeness (QED) is 0.867. The topological polar surface area (TPSA) is 46.5 Å². The van der Waals surface area contributed by atoms with Crippen molar-refractivity contribution < 1.29 is 32.2 Å². The molecule has 2 rings (SSSR count). The highest BCUT2D eigenvalue weighted by Gasteiger charge is 2.31. The van der Waals surface area contributed by atoms with E-state index in [2.05, 4.69) is 4.74 Å². The average molecular weight is 314 g/mol. The highest BCUT2D eigenvalue weighted by atomic mass is 19.4. The fourth-order valence-electron chi connectivity index (χ4n) is 2.03. The molecule has 0 radical (unpaired) electrons. The van der Waals surface area contributed by atoms with Crippen LogP contribution in [0.25, 0.3) is 11.1 Å². The molecule has 2 aromatic rings. The van der Waals surface area contributed by atoms with Gasteiger partial charge >= 0.3 is 12.3 Å². The van der Waals surface area contributed by atoms with E-state index < -0.39 is 30.3 Å². The standard InChI is InChI=1S/C15H10F4O3/c16-12-3-1-2-10(8-13(20)21)14(12)9-4-6-11(7-5-9)22-15(17,18)19/h1-7H,8H2,(H,20,21). The molecule has 0 aliphatic rings. The summed E-state index contributed by atoms with van der Waals surface area (Å²) in [5.74, 6) is -2.22. The predicted octanol–water partition coefficient (Wildman–Crippen LogP) is 4.02. The molecular weight excluding hydrogens is 304 g/mol. The Morgan fingerprint density at radius 3 is 2.27 bits per heavy atom. The predicted molar refractivity (Wildman–Crippen MR) is 69.9 cm³/mol. The minimum absolute atomic E-state index is 0.0449. The minimum atomic E-state index is -4.81. The number of alkyl halides is 3. The van der Waals surface area contributed by atoms with E-state index in [1.165, 1.54) is 24.3 Å². The Morgan fingerprint density at radius 2 is 1.73 bits per heavy atom. The lowest BCUT2D eigenvalue weighted by molar-refractivity contribution is -0.274. The number of hydrogen-bond acceptors (Lipinski definition) is 2. The van der Waals surface area contributed by atoms with Crippen molar-refractivity contribution in [3.05, 3.63) is 53.8 Å². The highest BCUT2D eigenvalue weighted by molar-refractivity contribution is 5.77. The summed E-state index contributed by atoms with van der Waals surface area (Å²) < 4.78 is 54.0. The van der Waals surface area contributed by atoms with Crippen molar-refractivity contribution >= 4 is 5.97 Å². The van der Waals surface area contributed by atoms with Crippen LogP contribution in [0.5, 0.6) is 5.75 Å². The van der Waals surface area contributed by atoms with Gasteiger partial charge < -0.3 is 9.84 Å². The number of carboxylic acids is 1. The monoisotopic (exact) mass is 314 g/mol. The van der Waals surface area contributed by atoms with Crippen LogP contribution in [0, 0.1) is 5.82 Å². The van der Waals surface area contributed by atoms with Gasteiger partial charge in [-0.3, -0.25) is 4.79 Å². The van der Waals surface area contributed by atoms with Crippen LogP contribution in [0.1, 0.15) is 5.56 Å². The number of carboxylic acid groups (broad SMARTS) is 1. The van der Waals surface area contributed by atoms with Crippen molar-refractivity contribution in [2.24, 2.45) is 0 Å². The van der Waals surface area contributed by atoms with Gasteiger partial charge in [0.25, 0.3) is 0 Å². The third-order valence-electron chi connectivity index (χ3n) is 2.82. The maximum Gasteiger partial charge on any atom is 0.573 e. The SMILES string of the molecule is O=C(O)Cc1cccc(F)c1-c1ccc(OC(F)(F)F)cc1. The lowest BCUT2D eigenvalue weighted by Gasteiger charge is -2.12. The number of benzene rings is 2. The normalized spacial score (nSPS) is 11.3. The minimum Gasteiger partial charge on any atom is -0.481 e. The first-order valence-corrected chi connectivity index (χ1v) is 6.11. The number of ether oxygens (including phenoxy) is 1. The van der Waals surface area contributed by atoms with E-state index in [0.29, 0.717) is 0 Å². The van der Waals surface area contributed by atoms with Gasteiger partial charge in [-0.05, 0) is 29.3 Å². The van der Waals surface area contributed by atoms with Gasteiger partial charge in [0.15, 0.2) is 0 Å². The second-order valence-corrected chi connectivity index (χ2v) is 4.42. The number of hydrogen-bond donors (Lipinski definition) is 1. The van der Waals surface area contributed by atoms with Crippen LogP contribution in [0.2, 0.25) is 0 Å². The van der Waals surface area contributed by atoms with Crippen LogP contribution in [0.3, 0.4) is 0 Å². The molecule has 2 aromatic carbocycles. The van der Waals surface area contributed by atoms with E-state index in [9.17, 15) is 22.4 Å². The zero-order chi connectivity index (χ0) is 16.3. The molecule has 0 saturated heterocycles. The molecule has 116 valence electrons. The molecule has 0 aliphatic carbocycles. The number of carbonyl (C=O) groups is 1. The number of halogens is 4. The van der Waals surface area contributed by atoms with E-state index in [-0.39, 0.29) is 16.7 Å². The molecule has 7 heteroatoms. The first-order chi connectivity index (χ1) is 10.3. The Labute approximate surface area is 122 Å². The molecule has 0 atom stereocenters. The van der Waals surface area contributed by atoms with Crippen molar-refractivity contribution in [2.45, 2.75) is 12.8 Å².